The van der Waals surface area contributed by atoms with Crippen LogP contribution in [0.4, 0.5) is 0 Å². The van der Waals surface area contributed by atoms with E-state index in [1.807, 2.05) is 30.3 Å². The molecule has 0 unspecified atom stereocenters. The normalized spacial score (nSPS) is 21.4. The number of hydrogen-bond donors (Lipinski definition) is 1. The fraction of sp³-hybridized carbons (Fsp3) is 0.400. The highest BCUT2D eigenvalue weighted by molar-refractivity contribution is 7.20. The minimum atomic E-state index is -0.906. The topological polar surface area (TPSA) is 86.0 Å². The van der Waals surface area contributed by atoms with Gasteiger partial charge in [-0.2, -0.15) is 0 Å². The second-order valence-electron chi connectivity index (χ2n) is 10.7. The molecule has 2 aromatic heterocycles. The van der Waals surface area contributed by atoms with E-state index in [2.05, 4.69) is 21.6 Å². The van der Waals surface area contributed by atoms with Crippen LogP contribution < -0.4 is 9.47 Å². The molecule has 7 rings (SSSR count). The number of benzene rings is 2. The van der Waals surface area contributed by atoms with Crippen LogP contribution in [-0.2, 0) is 17.8 Å². The van der Waals surface area contributed by atoms with E-state index in [9.17, 15) is 9.90 Å². The molecule has 3 aliphatic heterocycles. The van der Waals surface area contributed by atoms with E-state index in [1.54, 1.807) is 6.07 Å². The number of likely N-dealkylation sites (tertiary alicyclic amines) is 1. The number of ether oxygens (including phenoxy) is 3. The average molecular weight is 580 g/mol. The first-order chi connectivity index (χ1) is 19.5. The van der Waals surface area contributed by atoms with Gasteiger partial charge in [0.15, 0.2) is 17.6 Å². The van der Waals surface area contributed by atoms with Crippen LogP contribution in [0.5, 0.6) is 11.5 Å². The van der Waals surface area contributed by atoms with Crippen molar-refractivity contribution in [1.82, 2.24) is 14.5 Å². The van der Waals surface area contributed by atoms with Crippen molar-refractivity contribution >= 4 is 39.3 Å². The van der Waals surface area contributed by atoms with Gasteiger partial charge in [-0.05, 0) is 68.1 Å². The van der Waals surface area contributed by atoms with Gasteiger partial charge in [0.25, 0.3) is 0 Å². The Balaban J connectivity index is 1.04. The highest BCUT2D eigenvalue weighted by atomic mass is 35.5. The Hall–Kier alpha value is -3.11. The van der Waals surface area contributed by atoms with Gasteiger partial charge in [-0.15, -0.1) is 11.3 Å². The van der Waals surface area contributed by atoms with Gasteiger partial charge in [0, 0.05) is 17.2 Å². The number of carboxylic acids is 1. The molecule has 2 atom stereocenters. The SMILES string of the molecule is O=C(O)c1cc2c(nc(CN3CCC(c4cccc5c4OC[C@@H](c4ccc(Cl)cc4)O5)CC3)n2C[C@@H]2CCO2)s1. The molecule has 2 aromatic carbocycles. The Morgan fingerprint density at radius 3 is 2.65 bits per heavy atom. The number of piperidine rings is 1. The lowest BCUT2D eigenvalue weighted by atomic mass is 9.88. The Morgan fingerprint density at radius 1 is 1.12 bits per heavy atom. The first kappa shape index (κ1) is 25.8. The highest BCUT2D eigenvalue weighted by Crippen LogP contribution is 2.44. The molecule has 0 radical (unpaired) electrons. The van der Waals surface area contributed by atoms with Crippen LogP contribution in [0.25, 0.3) is 10.3 Å². The summed E-state index contributed by atoms with van der Waals surface area (Å²) < 4.78 is 20.5. The molecule has 0 spiro atoms. The van der Waals surface area contributed by atoms with Gasteiger partial charge in [-0.1, -0.05) is 35.9 Å². The Bertz CT molecular complexity index is 1540. The molecule has 8 nitrogen and oxygen atoms in total. The van der Waals surface area contributed by atoms with Crippen molar-refractivity contribution in [3.63, 3.8) is 0 Å². The van der Waals surface area contributed by atoms with Crippen LogP contribution in [0.1, 0.15) is 57.9 Å². The number of fused-ring (bicyclic) bond motifs is 2. The van der Waals surface area contributed by atoms with E-state index in [0.29, 0.717) is 29.0 Å². The van der Waals surface area contributed by atoms with E-state index in [1.165, 1.54) is 16.9 Å². The summed E-state index contributed by atoms with van der Waals surface area (Å²) >= 11 is 7.30. The predicted molar refractivity (Wildman–Crippen MR) is 153 cm³/mol. The number of thiophene rings is 1. The molecule has 0 saturated carbocycles. The number of halogens is 1. The number of carboxylic acid groups (broad SMARTS) is 1. The zero-order chi connectivity index (χ0) is 27.2. The summed E-state index contributed by atoms with van der Waals surface area (Å²) in [5, 5.41) is 10.2. The molecule has 4 aromatic rings. The van der Waals surface area contributed by atoms with Crippen LogP contribution in [0.15, 0.2) is 48.5 Å². The van der Waals surface area contributed by atoms with Gasteiger partial charge in [0.05, 0.1) is 24.7 Å². The first-order valence-electron chi connectivity index (χ1n) is 13.8. The number of carbonyl (C=O) groups is 1. The van der Waals surface area contributed by atoms with Gasteiger partial charge in [0.2, 0.25) is 0 Å². The maximum absolute atomic E-state index is 11.5. The molecule has 10 heteroatoms. The van der Waals surface area contributed by atoms with E-state index >= 15 is 0 Å². The fourth-order valence-electron chi connectivity index (χ4n) is 5.92. The Morgan fingerprint density at radius 2 is 1.93 bits per heavy atom. The predicted octanol–water partition coefficient (Wildman–Crippen LogP) is 6.13. The molecule has 40 heavy (non-hydrogen) atoms. The molecule has 2 saturated heterocycles. The van der Waals surface area contributed by atoms with E-state index in [-0.39, 0.29) is 12.2 Å². The number of para-hydroxylation sites is 1. The smallest absolute Gasteiger partial charge is 0.346 e. The van der Waals surface area contributed by atoms with E-state index < -0.39 is 5.97 Å². The lowest BCUT2D eigenvalue weighted by Crippen LogP contribution is -2.35. The van der Waals surface area contributed by atoms with E-state index in [4.69, 9.17) is 30.8 Å². The molecule has 0 aliphatic carbocycles. The van der Waals surface area contributed by atoms with Gasteiger partial charge >= 0.3 is 5.97 Å². The summed E-state index contributed by atoms with van der Waals surface area (Å²) in [5.41, 5.74) is 3.17. The number of rotatable bonds is 7. The third-order valence-corrected chi connectivity index (χ3v) is 9.47. The van der Waals surface area contributed by atoms with Crippen molar-refractivity contribution in [3.05, 3.63) is 75.4 Å². The number of imidazole rings is 1. The molecule has 0 amide bonds. The largest absolute Gasteiger partial charge is 0.485 e. The minimum absolute atomic E-state index is 0.155. The molecule has 3 aliphatic rings. The van der Waals surface area contributed by atoms with Crippen LogP contribution in [0.3, 0.4) is 0 Å². The van der Waals surface area contributed by atoms with Gasteiger partial charge in [-0.25, -0.2) is 9.78 Å². The number of aromatic carboxylic acids is 1. The van der Waals surface area contributed by atoms with Crippen molar-refractivity contribution < 1.29 is 24.1 Å². The lowest BCUT2D eigenvalue weighted by molar-refractivity contribution is -0.0592. The highest BCUT2D eigenvalue weighted by Gasteiger charge is 2.30. The second kappa shape index (κ2) is 10.7. The minimum Gasteiger partial charge on any atom is -0.485 e. The summed E-state index contributed by atoms with van der Waals surface area (Å²) in [7, 11) is 0. The van der Waals surface area contributed by atoms with Crippen LogP contribution >= 0.6 is 22.9 Å². The maximum atomic E-state index is 11.5. The molecule has 208 valence electrons. The molecular formula is C30H30ClN3O5S. The maximum Gasteiger partial charge on any atom is 0.346 e. The summed E-state index contributed by atoms with van der Waals surface area (Å²) in [6.07, 6.45) is 3.07. The monoisotopic (exact) mass is 579 g/mol. The zero-order valence-electron chi connectivity index (χ0n) is 21.9. The molecular weight excluding hydrogens is 550 g/mol. The standard InChI is InChI=1S/C30H30ClN3O5S/c31-20-6-4-19(5-7-20)25-17-38-28-22(2-1-3-24(28)39-25)18-8-11-33(12-9-18)16-27-32-29-23(14-26(40-29)30(35)36)34(27)15-21-10-13-37-21/h1-7,14,18,21,25H,8-13,15-17H2,(H,35,36)/t21-,25-/m0/s1. The van der Waals surface area contributed by atoms with Crippen LogP contribution in [-0.4, -0.2) is 57.9 Å². The van der Waals surface area contributed by atoms with Crippen LogP contribution in [0, 0.1) is 0 Å². The molecule has 2 fully saturated rings. The van der Waals surface area contributed by atoms with Gasteiger partial charge in [-0.3, -0.25) is 4.90 Å². The Kier molecular flexibility index (Phi) is 6.91. The summed E-state index contributed by atoms with van der Waals surface area (Å²) in [6.45, 7) is 4.60. The quantitative estimate of drug-likeness (QED) is 0.282. The van der Waals surface area contributed by atoms with Crippen molar-refractivity contribution in [3.8, 4) is 11.5 Å². The third kappa shape index (κ3) is 4.96. The van der Waals surface area contributed by atoms with Crippen molar-refractivity contribution in [1.29, 1.82) is 0 Å². The van der Waals surface area contributed by atoms with Crippen molar-refractivity contribution in [2.45, 2.75) is 50.5 Å². The molecule has 0 bridgehead atoms. The lowest BCUT2D eigenvalue weighted by Gasteiger charge is -2.35. The van der Waals surface area contributed by atoms with Crippen LogP contribution in [0.2, 0.25) is 5.02 Å². The van der Waals surface area contributed by atoms with E-state index in [0.717, 1.165) is 78.7 Å². The summed E-state index contributed by atoms with van der Waals surface area (Å²) in [6, 6.07) is 15.7. The Labute approximate surface area is 241 Å². The van der Waals surface area contributed by atoms with Crippen molar-refractivity contribution in [2.24, 2.45) is 0 Å². The van der Waals surface area contributed by atoms with Gasteiger partial charge in [0.1, 0.15) is 22.1 Å². The average Bonchev–Trinajstić information content (AvgIpc) is 3.49. The zero-order valence-corrected chi connectivity index (χ0v) is 23.5. The summed E-state index contributed by atoms with van der Waals surface area (Å²) in [5.74, 6) is 2.14. The number of aromatic nitrogens is 2. The molecule has 1 N–H and O–H groups in total. The third-order valence-electron chi connectivity index (χ3n) is 8.21. The van der Waals surface area contributed by atoms with Crippen molar-refractivity contribution in [2.75, 3.05) is 26.3 Å². The molecule has 5 heterocycles. The number of nitrogens with zero attached hydrogens (tertiary/aromatic N) is 3. The number of hydrogen-bond acceptors (Lipinski definition) is 7. The van der Waals surface area contributed by atoms with Gasteiger partial charge < -0.3 is 23.9 Å². The first-order valence-corrected chi connectivity index (χ1v) is 15.0. The fourth-order valence-corrected chi connectivity index (χ4v) is 6.93. The summed E-state index contributed by atoms with van der Waals surface area (Å²) in [4.78, 5) is 19.9. The second-order valence-corrected chi connectivity index (χ2v) is 12.2.